The van der Waals surface area contributed by atoms with Crippen LogP contribution < -0.4 is 5.32 Å². The fourth-order valence-corrected chi connectivity index (χ4v) is 2.85. The van der Waals surface area contributed by atoms with Gasteiger partial charge in [-0.25, -0.2) is 0 Å². The Balaban J connectivity index is 2.21. The van der Waals surface area contributed by atoms with Crippen molar-refractivity contribution in [1.82, 2.24) is 15.1 Å². The van der Waals surface area contributed by atoms with Gasteiger partial charge in [0.05, 0.1) is 12.2 Å². The summed E-state index contributed by atoms with van der Waals surface area (Å²) in [7, 11) is 0. The molecule has 0 amide bonds. The van der Waals surface area contributed by atoms with Gasteiger partial charge in [-0.05, 0) is 30.9 Å². The quantitative estimate of drug-likeness (QED) is 0.803. The van der Waals surface area contributed by atoms with E-state index in [1.165, 1.54) is 22.5 Å². The lowest BCUT2D eigenvalue weighted by molar-refractivity contribution is 0.549. The Morgan fingerprint density at radius 2 is 1.82 bits per heavy atom. The van der Waals surface area contributed by atoms with Crippen LogP contribution in [0.4, 0.5) is 0 Å². The largest absolute Gasteiger partial charge is 0.312 e. The second-order valence-electron chi connectivity index (χ2n) is 6.25. The number of aryl methyl sites for hydroxylation is 1. The van der Waals surface area contributed by atoms with Gasteiger partial charge in [0, 0.05) is 17.8 Å². The molecule has 1 aromatic carbocycles. The molecular formula is C19H29N3. The smallest absolute Gasteiger partial charge is 0.0669 e. The molecule has 0 saturated carbocycles. The topological polar surface area (TPSA) is 29.9 Å². The molecule has 0 aliphatic rings. The molecule has 3 heteroatoms. The van der Waals surface area contributed by atoms with Gasteiger partial charge in [-0.15, -0.1) is 0 Å². The fraction of sp³-hybridized carbons (Fsp3) is 0.526. The van der Waals surface area contributed by atoms with Crippen molar-refractivity contribution in [3.63, 3.8) is 0 Å². The molecule has 1 heterocycles. The zero-order chi connectivity index (χ0) is 15.9. The lowest BCUT2D eigenvalue weighted by Crippen LogP contribution is -2.20. The SMILES string of the molecule is CCc1nn(Cc2ccccc2)c(CC)c1CNCC(C)C. The minimum absolute atomic E-state index is 0.675. The second kappa shape index (κ2) is 8.14. The van der Waals surface area contributed by atoms with Gasteiger partial charge in [0.15, 0.2) is 0 Å². The van der Waals surface area contributed by atoms with Crippen LogP contribution in [-0.2, 0) is 25.9 Å². The molecule has 0 bridgehead atoms. The van der Waals surface area contributed by atoms with Gasteiger partial charge >= 0.3 is 0 Å². The summed E-state index contributed by atoms with van der Waals surface area (Å²) in [5, 5.41) is 8.44. The molecule has 0 fully saturated rings. The van der Waals surface area contributed by atoms with Crippen molar-refractivity contribution in [2.75, 3.05) is 6.54 Å². The van der Waals surface area contributed by atoms with Crippen LogP contribution in [0.15, 0.2) is 30.3 Å². The minimum atomic E-state index is 0.675. The average molecular weight is 299 g/mol. The van der Waals surface area contributed by atoms with Crippen LogP contribution in [0.2, 0.25) is 0 Å². The van der Waals surface area contributed by atoms with Crippen LogP contribution in [0.1, 0.15) is 50.2 Å². The van der Waals surface area contributed by atoms with Crippen LogP contribution in [0.3, 0.4) is 0 Å². The van der Waals surface area contributed by atoms with Crippen molar-refractivity contribution in [3.8, 4) is 0 Å². The maximum Gasteiger partial charge on any atom is 0.0669 e. The van der Waals surface area contributed by atoms with E-state index >= 15 is 0 Å². The highest BCUT2D eigenvalue weighted by Crippen LogP contribution is 2.18. The van der Waals surface area contributed by atoms with E-state index in [1.807, 2.05) is 0 Å². The van der Waals surface area contributed by atoms with Crippen LogP contribution >= 0.6 is 0 Å². The summed E-state index contributed by atoms with van der Waals surface area (Å²) in [5.74, 6) is 0.675. The second-order valence-corrected chi connectivity index (χ2v) is 6.25. The minimum Gasteiger partial charge on any atom is -0.312 e. The highest BCUT2D eigenvalue weighted by atomic mass is 15.3. The zero-order valence-electron chi connectivity index (χ0n) is 14.4. The molecule has 0 aliphatic heterocycles. The molecule has 1 N–H and O–H groups in total. The third-order valence-corrected chi connectivity index (χ3v) is 3.95. The van der Waals surface area contributed by atoms with Gasteiger partial charge in [-0.3, -0.25) is 4.68 Å². The van der Waals surface area contributed by atoms with E-state index < -0.39 is 0 Å². The first-order chi connectivity index (χ1) is 10.7. The fourth-order valence-electron chi connectivity index (χ4n) is 2.85. The van der Waals surface area contributed by atoms with Crippen molar-refractivity contribution < 1.29 is 0 Å². The number of hydrogen-bond donors (Lipinski definition) is 1. The Labute approximate surface area is 134 Å². The van der Waals surface area contributed by atoms with E-state index in [0.29, 0.717) is 5.92 Å². The van der Waals surface area contributed by atoms with E-state index in [1.54, 1.807) is 0 Å². The summed E-state index contributed by atoms with van der Waals surface area (Å²) in [5.41, 5.74) is 5.33. The van der Waals surface area contributed by atoms with Gasteiger partial charge in [0.25, 0.3) is 0 Å². The van der Waals surface area contributed by atoms with Gasteiger partial charge in [0.2, 0.25) is 0 Å². The molecule has 22 heavy (non-hydrogen) atoms. The normalized spacial score (nSPS) is 11.3. The first-order valence-electron chi connectivity index (χ1n) is 8.47. The Morgan fingerprint density at radius 1 is 1.09 bits per heavy atom. The Kier molecular flexibility index (Phi) is 6.20. The van der Waals surface area contributed by atoms with E-state index in [9.17, 15) is 0 Å². The number of rotatable bonds is 8. The number of nitrogens with zero attached hydrogens (tertiary/aromatic N) is 2. The number of aromatic nitrogens is 2. The highest BCUT2D eigenvalue weighted by molar-refractivity contribution is 5.28. The Hall–Kier alpha value is -1.61. The van der Waals surface area contributed by atoms with Gasteiger partial charge < -0.3 is 5.32 Å². The monoisotopic (exact) mass is 299 g/mol. The third-order valence-electron chi connectivity index (χ3n) is 3.95. The summed E-state index contributed by atoms with van der Waals surface area (Å²) in [6, 6.07) is 10.6. The van der Waals surface area contributed by atoms with Gasteiger partial charge in [0.1, 0.15) is 0 Å². The van der Waals surface area contributed by atoms with Crippen molar-refractivity contribution in [1.29, 1.82) is 0 Å². The third kappa shape index (κ3) is 4.20. The maximum atomic E-state index is 4.87. The molecule has 120 valence electrons. The predicted octanol–water partition coefficient (Wildman–Crippen LogP) is 3.80. The van der Waals surface area contributed by atoms with Crippen molar-refractivity contribution in [2.45, 2.75) is 53.6 Å². The van der Waals surface area contributed by atoms with E-state index in [-0.39, 0.29) is 0 Å². The predicted molar refractivity (Wildman–Crippen MR) is 93.1 cm³/mol. The highest BCUT2D eigenvalue weighted by Gasteiger charge is 2.15. The molecule has 0 unspecified atom stereocenters. The van der Waals surface area contributed by atoms with Gasteiger partial charge in [-0.1, -0.05) is 58.0 Å². The van der Waals surface area contributed by atoms with E-state index in [2.05, 4.69) is 68.0 Å². The van der Waals surface area contributed by atoms with Gasteiger partial charge in [-0.2, -0.15) is 5.10 Å². The summed E-state index contributed by atoms with van der Waals surface area (Å²) in [6.45, 7) is 11.8. The van der Waals surface area contributed by atoms with Crippen LogP contribution in [0.5, 0.6) is 0 Å². The molecule has 1 aromatic heterocycles. The molecule has 2 aromatic rings. The molecule has 0 atom stereocenters. The molecule has 0 aliphatic carbocycles. The molecule has 0 radical (unpaired) electrons. The molecule has 0 spiro atoms. The molecule has 3 nitrogen and oxygen atoms in total. The summed E-state index contributed by atoms with van der Waals surface area (Å²) < 4.78 is 2.19. The molecule has 2 rings (SSSR count). The van der Waals surface area contributed by atoms with Crippen molar-refractivity contribution in [3.05, 3.63) is 52.8 Å². The van der Waals surface area contributed by atoms with Crippen LogP contribution in [0.25, 0.3) is 0 Å². The lowest BCUT2D eigenvalue weighted by atomic mass is 10.1. The lowest BCUT2D eigenvalue weighted by Gasteiger charge is -2.10. The number of nitrogens with one attached hydrogen (secondary N) is 1. The summed E-state index contributed by atoms with van der Waals surface area (Å²) in [6.07, 6.45) is 2.02. The summed E-state index contributed by atoms with van der Waals surface area (Å²) in [4.78, 5) is 0. The van der Waals surface area contributed by atoms with Crippen LogP contribution in [-0.4, -0.2) is 16.3 Å². The van der Waals surface area contributed by atoms with Crippen LogP contribution in [0, 0.1) is 5.92 Å². The standard InChI is InChI=1S/C19H29N3/c1-5-18-17(13-20-12-15(3)4)19(6-2)22(21-18)14-16-10-8-7-9-11-16/h7-11,15,20H,5-6,12-14H2,1-4H3. The molecular weight excluding hydrogens is 270 g/mol. The number of benzene rings is 1. The first kappa shape index (κ1) is 16.8. The van der Waals surface area contributed by atoms with Crippen molar-refractivity contribution in [2.24, 2.45) is 5.92 Å². The van der Waals surface area contributed by atoms with E-state index in [4.69, 9.17) is 5.10 Å². The summed E-state index contributed by atoms with van der Waals surface area (Å²) >= 11 is 0. The number of hydrogen-bond acceptors (Lipinski definition) is 2. The first-order valence-corrected chi connectivity index (χ1v) is 8.47. The molecule has 0 saturated heterocycles. The Bertz CT molecular complexity index is 570. The van der Waals surface area contributed by atoms with Crippen molar-refractivity contribution >= 4 is 0 Å². The maximum absolute atomic E-state index is 4.87. The van der Waals surface area contributed by atoms with E-state index in [0.717, 1.165) is 32.5 Å². The zero-order valence-corrected chi connectivity index (χ0v) is 14.4. The average Bonchev–Trinajstić information content (AvgIpc) is 2.84. The Morgan fingerprint density at radius 3 is 2.41 bits per heavy atom.